The van der Waals surface area contributed by atoms with Gasteiger partial charge >= 0.3 is 0 Å². The number of nitrogens with one attached hydrogen (secondary N) is 1. The largest absolute Gasteiger partial charge is 0.497 e. The molecule has 1 atom stereocenters. The molecule has 106 valence electrons. The van der Waals surface area contributed by atoms with Crippen LogP contribution in [0.1, 0.15) is 24.1 Å². The van der Waals surface area contributed by atoms with Gasteiger partial charge in [-0.25, -0.2) is 0 Å². The highest BCUT2D eigenvalue weighted by Gasteiger charge is 2.09. The standard InChI is InChI=1S/C17H21NO2/c1-12-5-10-16(17(11-12)20-4)18-13(2)14-6-8-15(19-3)9-7-14/h5-11,13,18H,1-4H3. The summed E-state index contributed by atoms with van der Waals surface area (Å²) >= 11 is 0. The molecule has 1 N–H and O–H groups in total. The molecule has 2 rings (SSSR count). The van der Waals surface area contributed by atoms with Crippen LogP contribution < -0.4 is 14.8 Å². The third-order valence-corrected chi connectivity index (χ3v) is 3.34. The van der Waals surface area contributed by atoms with Gasteiger partial charge in [0.15, 0.2) is 0 Å². The van der Waals surface area contributed by atoms with E-state index < -0.39 is 0 Å². The van der Waals surface area contributed by atoms with Gasteiger partial charge in [-0.3, -0.25) is 0 Å². The van der Waals surface area contributed by atoms with Crippen LogP contribution in [0, 0.1) is 6.92 Å². The summed E-state index contributed by atoms with van der Waals surface area (Å²) in [6.07, 6.45) is 0. The fourth-order valence-corrected chi connectivity index (χ4v) is 2.13. The third kappa shape index (κ3) is 3.23. The second-order valence-corrected chi connectivity index (χ2v) is 4.84. The Kier molecular flexibility index (Phi) is 4.51. The first kappa shape index (κ1) is 14.3. The molecule has 0 bridgehead atoms. The molecule has 0 amide bonds. The Bertz CT molecular complexity index is 564. The Morgan fingerprint density at radius 3 is 2.25 bits per heavy atom. The highest BCUT2D eigenvalue weighted by Crippen LogP contribution is 2.29. The number of methoxy groups -OCH3 is 2. The van der Waals surface area contributed by atoms with E-state index in [-0.39, 0.29) is 6.04 Å². The SMILES string of the molecule is COc1ccc(C(C)Nc2ccc(C)cc2OC)cc1. The topological polar surface area (TPSA) is 30.5 Å². The zero-order valence-electron chi connectivity index (χ0n) is 12.4. The van der Waals surface area contributed by atoms with E-state index in [9.17, 15) is 0 Å². The second-order valence-electron chi connectivity index (χ2n) is 4.84. The van der Waals surface area contributed by atoms with E-state index >= 15 is 0 Å². The molecule has 0 fully saturated rings. The van der Waals surface area contributed by atoms with E-state index in [1.165, 1.54) is 11.1 Å². The highest BCUT2D eigenvalue weighted by molar-refractivity contribution is 5.58. The summed E-state index contributed by atoms with van der Waals surface area (Å²) in [7, 11) is 3.37. The maximum atomic E-state index is 5.42. The molecule has 3 heteroatoms. The lowest BCUT2D eigenvalue weighted by Crippen LogP contribution is -2.07. The zero-order chi connectivity index (χ0) is 14.5. The summed E-state index contributed by atoms with van der Waals surface area (Å²) in [6.45, 7) is 4.18. The Morgan fingerprint density at radius 2 is 1.65 bits per heavy atom. The monoisotopic (exact) mass is 271 g/mol. The minimum atomic E-state index is 0.192. The average molecular weight is 271 g/mol. The van der Waals surface area contributed by atoms with Crippen molar-refractivity contribution in [3.8, 4) is 11.5 Å². The maximum absolute atomic E-state index is 5.42. The minimum absolute atomic E-state index is 0.192. The Hall–Kier alpha value is -2.16. The lowest BCUT2D eigenvalue weighted by atomic mass is 10.1. The summed E-state index contributed by atoms with van der Waals surface area (Å²) < 4.78 is 10.6. The van der Waals surface area contributed by atoms with E-state index in [1.807, 2.05) is 24.3 Å². The molecule has 2 aromatic carbocycles. The lowest BCUT2D eigenvalue weighted by Gasteiger charge is -2.18. The van der Waals surface area contributed by atoms with Gasteiger partial charge in [0.25, 0.3) is 0 Å². The predicted octanol–water partition coefficient (Wildman–Crippen LogP) is 4.19. The molecule has 2 aromatic rings. The fourth-order valence-electron chi connectivity index (χ4n) is 2.13. The van der Waals surface area contributed by atoms with Gasteiger partial charge in [0, 0.05) is 6.04 Å². The van der Waals surface area contributed by atoms with Crippen molar-refractivity contribution in [2.45, 2.75) is 19.9 Å². The highest BCUT2D eigenvalue weighted by atomic mass is 16.5. The summed E-state index contributed by atoms with van der Waals surface area (Å²) in [5.41, 5.74) is 3.39. The van der Waals surface area contributed by atoms with Crippen molar-refractivity contribution in [2.24, 2.45) is 0 Å². The van der Waals surface area contributed by atoms with Crippen LogP contribution in [0.4, 0.5) is 5.69 Å². The summed E-state index contributed by atoms with van der Waals surface area (Å²) in [6, 6.07) is 14.4. The third-order valence-electron chi connectivity index (χ3n) is 3.34. The molecule has 0 aliphatic heterocycles. The molecule has 0 aromatic heterocycles. The van der Waals surface area contributed by atoms with Crippen LogP contribution in [-0.4, -0.2) is 14.2 Å². The van der Waals surface area contributed by atoms with Gasteiger partial charge in [-0.2, -0.15) is 0 Å². The first-order valence-corrected chi connectivity index (χ1v) is 6.69. The Morgan fingerprint density at radius 1 is 0.950 bits per heavy atom. The number of rotatable bonds is 5. The van der Waals surface area contributed by atoms with Gasteiger partial charge in [-0.15, -0.1) is 0 Å². The molecule has 0 aliphatic rings. The van der Waals surface area contributed by atoms with Crippen LogP contribution in [-0.2, 0) is 0 Å². The van der Waals surface area contributed by atoms with Crippen molar-refractivity contribution < 1.29 is 9.47 Å². The van der Waals surface area contributed by atoms with Crippen molar-refractivity contribution in [1.29, 1.82) is 0 Å². The average Bonchev–Trinajstić information content (AvgIpc) is 2.49. The van der Waals surface area contributed by atoms with E-state index in [0.29, 0.717) is 0 Å². The van der Waals surface area contributed by atoms with Crippen LogP contribution >= 0.6 is 0 Å². The van der Waals surface area contributed by atoms with Gasteiger partial charge in [-0.1, -0.05) is 18.2 Å². The number of ether oxygens (including phenoxy) is 2. The molecule has 0 spiro atoms. The summed E-state index contributed by atoms with van der Waals surface area (Å²) in [5, 5.41) is 3.48. The predicted molar refractivity (Wildman–Crippen MR) is 82.8 cm³/mol. The number of anilines is 1. The van der Waals surface area contributed by atoms with Crippen molar-refractivity contribution >= 4 is 5.69 Å². The maximum Gasteiger partial charge on any atom is 0.142 e. The summed E-state index contributed by atoms with van der Waals surface area (Å²) in [4.78, 5) is 0. The first-order valence-electron chi connectivity index (χ1n) is 6.69. The number of hydrogen-bond acceptors (Lipinski definition) is 3. The molecule has 0 saturated carbocycles. The molecular formula is C17H21NO2. The van der Waals surface area contributed by atoms with Gasteiger partial charge in [0.1, 0.15) is 11.5 Å². The number of benzene rings is 2. The van der Waals surface area contributed by atoms with Gasteiger partial charge in [0.05, 0.1) is 19.9 Å². The molecule has 0 radical (unpaired) electrons. The molecule has 0 heterocycles. The first-order chi connectivity index (χ1) is 9.63. The Balaban J connectivity index is 2.16. The normalized spacial score (nSPS) is 11.8. The van der Waals surface area contributed by atoms with Crippen LogP contribution in [0.5, 0.6) is 11.5 Å². The van der Waals surface area contributed by atoms with E-state index in [2.05, 4.69) is 37.4 Å². The fraction of sp³-hybridized carbons (Fsp3) is 0.294. The number of aryl methyl sites for hydroxylation is 1. The van der Waals surface area contributed by atoms with Crippen LogP contribution in [0.15, 0.2) is 42.5 Å². The molecule has 0 aliphatic carbocycles. The van der Waals surface area contributed by atoms with Gasteiger partial charge in [-0.05, 0) is 49.2 Å². The van der Waals surface area contributed by atoms with Crippen LogP contribution in [0.2, 0.25) is 0 Å². The quantitative estimate of drug-likeness (QED) is 0.884. The number of hydrogen-bond donors (Lipinski definition) is 1. The van der Waals surface area contributed by atoms with E-state index in [0.717, 1.165) is 17.2 Å². The zero-order valence-corrected chi connectivity index (χ0v) is 12.4. The second kappa shape index (κ2) is 6.33. The van der Waals surface area contributed by atoms with Gasteiger partial charge < -0.3 is 14.8 Å². The van der Waals surface area contributed by atoms with Crippen molar-refractivity contribution in [3.05, 3.63) is 53.6 Å². The van der Waals surface area contributed by atoms with Crippen LogP contribution in [0.3, 0.4) is 0 Å². The molecule has 0 saturated heterocycles. The van der Waals surface area contributed by atoms with Gasteiger partial charge in [0.2, 0.25) is 0 Å². The molecule has 20 heavy (non-hydrogen) atoms. The smallest absolute Gasteiger partial charge is 0.142 e. The van der Waals surface area contributed by atoms with E-state index in [4.69, 9.17) is 9.47 Å². The lowest BCUT2D eigenvalue weighted by molar-refractivity contribution is 0.414. The Labute approximate surface area is 120 Å². The molecular weight excluding hydrogens is 250 g/mol. The van der Waals surface area contributed by atoms with Crippen LogP contribution in [0.25, 0.3) is 0 Å². The molecule has 3 nitrogen and oxygen atoms in total. The van der Waals surface area contributed by atoms with E-state index in [1.54, 1.807) is 14.2 Å². The minimum Gasteiger partial charge on any atom is -0.497 e. The molecule has 1 unspecified atom stereocenters. The van der Waals surface area contributed by atoms with Crippen molar-refractivity contribution in [3.63, 3.8) is 0 Å². The van der Waals surface area contributed by atoms with Crippen molar-refractivity contribution in [1.82, 2.24) is 0 Å². The van der Waals surface area contributed by atoms with Crippen molar-refractivity contribution in [2.75, 3.05) is 19.5 Å². The summed E-state index contributed by atoms with van der Waals surface area (Å²) in [5.74, 6) is 1.74.